The van der Waals surface area contributed by atoms with Gasteiger partial charge in [-0.25, -0.2) is 0 Å². The van der Waals surface area contributed by atoms with Crippen molar-refractivity contribution in [1.82, 2.24) is 14.7 Å². The van der Waals surface area contributed by atoms with Gasteiger partial charge in [0.2, 0.25) is 0 Å². The summed E-state index contributed by atoms with van der Waals surface area (Å²) in [6.07, 6.45) is 1.15. The van der Waals surface area contributed by atoms with Gasteiger partial charge in [0.05, 0.1) is 16.6 Å². The Morgan fingerprint density at radius 3 is 2.55 bits per heavy atom. The van der Waals surface area contributed by atoms with Crippen LogP contribution in [-0.4, -0.2) is 49.8 Å². The zero-order valence-corrected chi connectivity index (χ0v) is 11.8. The largest absolute Gasteiger partial charge is 0.389 e. The minimum atomic E-state index is -0.476. The Balaban J connectivity index is 1.93. The number of likely N-dealkylation sites (tertiary alicyclic amines) is 1. The van der Waals surface area contributed by atoms with E-state index in [1.165, 1.54) is 21.7 Å². The first-order valence-electron chi connectivity index (χ1n) is 6.71. The highest BCUT2D eigenvalue weighted by atomic mass is 16.6. The molecule has 0 atom stereocenters. The smallest absolute Gasteiger partial charge is 0.269 e. The summed E-state index contributed by atoms with van der Waals surface area (Å²) >= 11 is 0. The molecule has 0 saturated carbocycles. The molecule has 1 saturated heterocycles. The number of aromatic nitrogens is 2. The monoisotopic (exact) mass is 302 g/mol. The second-order valence-corrected chi connectivity index (χ2v) is 5.23. The topological polar surface area (TPSA) is 102 Å². The number of non-ortho nitro benzene ring substituents is 1. The third-order valence-corrected chi connectivity index (χ3v) is 3.56. The number of β-amino-alcohol motifs (C(OH)–C–C–N with tert-alkyl or cyclic N) is 1. The number of hydrogen-bond acceptors (Lipinski definition) is 5. The molecule has 1 amide bonds. The molecule has 1 N–H and O–H groups in total. The van der Waals surface area contributed by atoms with Crippen LogP contribution in [0.15, 0.2) is 30.5 Å². The number of aliphatic hydroxyl groups excluding tert-OH is 1. The van der Waals surface area contributed by atoms with Crippen molar-refractivity contribution in [2.75, 3.05) is 13.1 Å². The highest BCUT2D eigenvalue weighted by Gasteiger charge is 2.32. The molecule has 8 nitrogen and oxygen atoms in total. The highest BCUT2D eigenvalue weighted by Crippen LogP contribution is 2.26. The summed E-state index contributed by atoms with van der Waals surface area (Å²) in [4.78, 5) is 24.2. The second kappa shape index (κ2) is 5.23. The molecule has 0 unspecified atom stereocenters. The second-order valence-electron chi connectivity index (χ2n) is 5.23. The third kappa shape index (κ3) is 2.44. The molecule has 1 fully saturated rings. The number of hydrogen-bond donors (Lipinski definition) is 1. The zero-order chi connectivity index (χ0) is 15.9. The van der Waals surface area contributed by atoms with Crippen molar-refractivity contribution >= 4 is 11.6 Å². The lowest BCUT2D eigenvalue weighted by atomic mass is 10.0. The van der Waals surface area contributed by atoms with Gasteiger partial charge in [0.1, 0.15) is 5.69 Å². The van der Waals surface area contributed by atoms with Gasteiger partial charge in [-0.2, -0.15) is 5.10 Å². The SMILES string of the molecule is Cn1cc(C(=O)N2CC(O)C2)c(-c2ccc([N+](=O)[O-])cc2)n1. The van der Waals surface area contributed by atoms with E-state index in [1.54, 1.807) is 25.4 Å². The molecule has 0 aliphatic carbocycles. The Labute approximate surface area is 125 Å². The molecule has 114 valence electrons. The Morgan fingerprint density at radius 2 is 2.00 bits per heavy atom. The molecule has 0 spiro atoms. The molecule has 1 aromatic carbocycles. The lowest BCUT2D eigenvalue weighted by Gasteiger charge is -2.35. The maximum absolute atomic E-state index is 12.4. The van der Waals surface area contributed by atoms with Crippen LogP contribution in [0.3, 0.4) is 0 Å². The summed E-state index contributed by atoms with van der Waals surface area (Å²) in [6.45, 7) is 0.626. The molecule has 3 rings (SSSR count). The first-order valence-corrected chi connectivity index (χ1v) is 6.71. The summed E-state index contributed by atoms with van der Waals surface area (Å²) in [5.41, 5.74) is 1.51. The number of carbonyl (C=O) groups excluding carboxylic acids is 1. The summed E-state index contributed by atoms with van der Waals surface area (Å²) in [5.74, 6) is -0.202. The van der Waals surface area contributed by atoms with Gasteiger partial charge in [0.15, 0.2) is 0 Å². The lowest BCUT2D eigenvalue weighted by molar-refractivity contribution is -0.384. The average molecular weight is 302 g/mol. The van der Waals surface area contributed by atoms with Crippen molar-refractivity contribution in [1.29, 1.82) is 0 Å². The molecule has 2 heterocycles. The summed E-state index contributed by atoms with van der Waals surface area (Å²) in [5, 5.41) is 24.3. The molecule has 1 aromatic heterocycles. The molecular formula is C14H14N4O4. The predicted octanol–water partition coefficient (Wildman–Crippen LogP) is 0.812. The fourth-order valence-electron chi connectivity index (χ4n) is 2.39. The van der Waals surface area contributed by atoms with Gasteiger partial charge < -0.3 is 10.0 Å². The van der Waals surface area contributed by atoms with E-state index in [4.69, 9.17) is 0 Å². The van der Waals surface area contributed by atoms with Crippen LogP contribution in [0.1, 0.15) is 10.4 Å². The van der Waals surface area contributed by atoms with Crippen LogP contribution >= 0.6 is 0 Å². The zero-order valence-electron chi connectivity index (χ0n) is 11.8. The van der Waals surface area contributed by atoms with Crippen molar-refractivity contribution in [3.63, 3.8) is 0 Å². The van der Waals surface area contributed by atoms with Crippen LogP contribution < -0.4 is 0 Å². The van der Waals surface area contributed by atoms with Gasteiger partial charge in [-0.15, -0.1) is 0 Å². The van der Waals surface area contributed by atoms with Crippen molar-refractivity contribution in [3.05, 3.63) is 46.1 Å². The van der Waals surface area contributed by atoms with E-state index < -0.39 is 11.0 Å². The summed E-state index contributed by atoms with van der Waals surface area (Å²) < 4.78 is 1.53. The van der Waals surface area contributed by atoms with Crippen molar-refractivity contribution in [2.24, 2.45) is 7.05 Å². The van der Waals surface area contributed by atoms with Crippen LogP contribution in [0.4, 0.5) is 5.69 Å². The average Bonchev–Trinajstić information content (AvgIpc) is 2.85. The number of aryl methyl sites for hydroxylation is 1. The number of carbonyl (C=O) groups is 1. The molecule has 2 aromatic rings. The molecule has 0 radical (unpaired) electrons. The van der Waals surface area contributed by atoms with Gasteiger partial charge in [-0.05, 0) is 12.1 Å². The Hall–Kier alpha value is -2.74. The van der Waals surface area contributed by atoms with Crippen LogP contribution in [-0.2, 0) is 7.05 Å². The van der Waals surface area contributed by atoms with E-state index in [-0.39, 0.29) is 11.6 Å². The fraction of sp³-hybridized carbons (Fsp3) is 0.286. The van der Waals surface area contributed by atoms with Crippen LogP contribution in [0.2, 0.25) is 0 Å². The third-order valence-electron chi connectivity index (χ3n) is 3.56. The lowest BCUT2D eigenvalue weighted by Crippen LogP contribution is -2.53. The summed E-state index contributed by atoms with van der Waals surface area (Å²) in [6, 6.07) is 5.90. The molecule has 8 heteroatoms. The van der Waals surface area contributed by atoms with Crippen molar-refractivity contribution in [2.45, 2.75) is 6.10 Å². The number of benzene rings is 1. The first kappa shape index (κ1) is 14.2. The van der Waals surface area contributed by atoms with E-state index in [2.05, 4.69) is 5.10 Å². The van der Waals surface area contributed by atoms with E-state index in [0.29, 0.717) is 29.9 Å². The van der Waals surface area contributed by atoms with Gasteiger partial charge in [0, 0.05) is 44.0 Å². The van der Waals surface area contributed by atoms with E-state index >= 15 is 0 Å². The normalized spacial score (nSPS) is 14.7. The number of aliphatic hydroxyl groups is 1. The van der Waals surface area contributed by atoms with Gasteiger partial charge >= 0.3 is 0 Å². The van der Waals surface area contributed by atoms with E-state index in [0.717, 1.165) is 0 Å². The Morgan fingerprint density at radius 1 is 1.36 bits per heavy atom. The predicted molar refractivity (Wildman–Crippen MR) is 77.2 cm³/mol. The van der Waals surface area contributed by atoms with Crippen molar-refractivity contribution in [3.8, 4) is 11.3 Å². The van der Waals surface area contributed by atoms with Crippen LogP contribution in [0.25, 0.3) is 11.3 Å². The quantitative estimate of drug-likeness (QED) is 0.668. The maximum Gasteiger partial charge on any atom is 0.269 e. The number of nitro benzene ring substituents is 1. The minimum Gasteiger partial charge on any atom is -0.389 e. The van der Waals surface area contributed by atoms with Gasteiger partial charge in [-0.1, -0.05) is 0 Å². The first-order chi connectivity index (χ1) is 10.5. The number of nitro groups is 1. The molecule has 0 bridgehead atoms. The van der Waals surface area contributed by atoms with Crippen LogP contribution in [0, 0.1) is 10.1 Å². The highest BCUT2D eigenvalue weighted by molar-refractivity contribution is 6.00. The minimum absolute atomic E-state index is 0.0153. The summed E-state index contributed by atoms with van der Waals surface area (Å²) in [7, 11) is 1.70. The van der Waals surface area contributed by atoms with Crippen LogP contribution in [0.5, 0.6) is 0 Å². The molecule has 22 heavy (non-hydrogen) atoms. The molecule has 1 aliphatic heterocycles. The molecular weight excluding hydrogens is 288 g/mol. The number of amides is 1. The Kier molecular flexibility index (Phi) is 3.38. The number of rotatable bonds is 3. The number of nitrogens with zero attached hydrogens (tertiary/aromatic N) is 4. The standard InChI is InChI=1S/C14H14N4O4/c1-16-8-12(14(20)17-6-11(19)7-17)13(15-16)9-2-4-10(5-3-9)18(21)22/h2-5,8,11,19H,6-7H2,1H3. The van der Waals surface area contributed by atoms with Crippen molar-refractivity contribution < 1.29 is 14.8 Å². The maximum atomic E-state index is 12.4. The van der Waals surface area contributed by atoms with Gasteiger partial charge in [-0.3, -0.25) is 19.6 Å². The van der Waals surface area contributed by atoms with Gasteiger partial charge in [0.25, 0.3) is 11.6 Å². The van der Waals surface area contributed by atoms with E-state index in [1.807, 2.05) is 0 Å². The fourth-order valence-corrected chi connectivity index (χ4v) is 2.39. The molecule has 1 aliphatic rings. The van der Waals surface area contributed by atoms with E-state index in [9.17, 15) is 20.0 Å². The Bertz CT molecular complexity index is 732.